The molecular formula is C12H12N5O+. The second-order valence-electron chi connectivity index (χ2n) is 4.05. The molecule has 0 unspecified atom stereocenters. The van der Waals surface area contributed by atoms with Gasteiger partial charge in [0.1, 0.15) is 0 Å². The number of benzene rings is 1. The Morgan fingerprint density at radius 3 is 2.94 bits per heavy atom. The van der Waals surface area contributed by atoms with Crippen LogP contribution in [-0.4, -0.2) is 28.4 Å². The zero-order chi connectivity index (χ0) is 12.5. The zero-order valence-electron chi connectivity index (χ0n) is 9.82. The lowest BCUT2D eigenvalue weighted by molar-refractivity contribution is -0.437. The molecule has 6 nitrogen and oxygen atoms in total. The van der Waals surface area contributed by atoms with Gasteiger partial charge in [0.15, 0.2) is 6.54 Å². The van der Waals surface area contributed by atoms with Gasteiger partial charge in [0.05, 0.1) is 11.2 Å². The first-order valence-corrected chi connectivity index (χ1v) is 5.63. The van der Waals surface area contributed by atoms with Gasteiger partial charge in [0, 0.05) is 5.39 Å². The van der Waals surface area contributed by atoms with E-state index in [1.165, 1.54) is 0 Å². The second-order valence-corrected chi connectivity index (χ2v) is 4.05. The highest BCUT2D eigenvalue weighted by atomic mass is 16.2. The highest BCUT2D eigenvalue weighted by Crippen LogP contribution is 2.16. The van der Waals surface area contributed by atoms with Crippen molar-refractivity contribution < 1.29 is 9.79 Å². The van der Waals surface area contributed by atoms with Gasteiger partial charge in [0.25, 0.3) is 5.95 Å². The minimum absolute atomic E-state index is 0.0741. The van der Waals surface area contributed by atoms with Crippen LogP contribution < -0.4 is 15.6 Å². The fourth-order valence-corrected chi connectivity index (χ4v) is 1.87. The van der Waals surface area contributed by atoms with Crippen LogP contribution in [0.25, 0.3) is 10.9 Å². The number of nitrogens with zero attached hydrogens (tertiary/aromatic N) is 2. The van der Waals surface area contributed by atoms with Gasteiger partial charge >= 0.3 is 11.9 Å². The molecule has 0 bridgehead atoms. The van der Waals surface area contributed by atoms with Gasteiger partial charge in [0.2, 0.25) is 0 Å². The highest BCUT2D eigenvalue weighted by molar-refractivity contribution is 6.03. The number of nitrogens with one attached hydrogen (secondary N) is 3. The van der Waals surface area contributed by atoms with E-state index in [0.717, 1.165) is 16.6 Å². The van der Waals surface area contributed by atoms with Gasteiger partial charge in [-0.3, -0.25) is 9.79 Å². The predicted molar refractivity (Wildman–Crippen MR) is 66.9 cm³/mol. The molecule has 0 aliphatic carbocycles. The summed E-state index contributed by atoms with van der Waals surface area (Å²) in [6, 6.07) is 7.80. The minimum atomic E-state index is -0.0741. The molecule has 0 spiro atoms. The zero-order valence-corrected chi connectivity index (χ0v) is 9.82. The Bertz CT molecular complexity index is 665. The smallest absolute Gasteiger partial charge is 0.266 e. The molecule has 2 heterocycles. The fraction of sp³-hybridized carbons (Fsp3) is 0.167. The summed E-state index contributed by atoms with van der Waals surface area (Å²) in [6.07, 6.45) is 0. The number of carbonyl (C=O) groups is 1. The summed E-state index contributed by atoms with van der Waals surface area (Å²) in [4.78, 5) is 22.7. The molecular weight excluding hydrogens is 230 g/mol. The molecule has 0 atom stereocenters. The molecule has 1 aromatic carbocycles. The summed E-state index contributed by atoms with van der Waals surface area (Å²) < 4.78 is 0. The number of fused-ring (bicyclic) bond motifs is 1. The van der Waals surface area contributed by atoms with Crippen LogP contribution in [0, 0.1) is 6.92 Å². The van der Waals surface area contributed by atoms with Crippen LogP contribution >= 0.6 is 0 Å². The number of aromatic nitrogens is 2. The van der Waals surface area contributed by atoms with Crippen LogP contribution in [0.15, 0.2) is 24.3 Å². The number of carbonyl (C=O) groups excluding carboxylic acids is 1. The lowest BCUT2D eigenvalue weighted by Crippen LogP contribution is -2.72. The van der Waals surface area contributed by atoms with E-state index in [-0.39, 0.29) is 12.5 Å². The van der Waals surface area contributed by atoms with E-state index in [4.69, 9.17) is 0 Å². The van der Waals surface area contributed by atoms with Crippen LogP contribution in [0.2, 0.25) is 0 Å². The lowest BCUT2D eigenvalue weighted by atomic mass is 10.2. The molecule has 0 saturated heterocycles. The highest BCUT2D eigenvalue weighted by Gasteiger charge is 2.21. The first-order valence-electron chi connectivity index (χ1n) is 5.63. The normalized spacial score (nSPS) is 14.5. The number of anilines is 1. The van der Waals surface area contributed by atoms with Crippen molar-refractivity contribution >= 4 is 28.7 Å². The molecule has 1 aliphatic heterocycles. The third kappa shape index (κ3) is 1.88. The molecule has 2 aromatic rings. The summed E-state index contributed by atoms with van der Waals surface area (Å²) in [5.41, 5.74) is 1.77. The quantitative estimate of drug-likeness (QED) is 0.594. The number of guanidine groups is 1. The number of rotatable bonds is 1. The summed E-state index contributed by atoms with van der Waals surface area (Å²) >= 11 is 0. The van der Waals surface area contributed by atoms with Crippen molar-refractivity contribution in [3.05, 3.63) is 30.0 Å². The average molecular weight is 242 g/mol. The van der Waals surface area contributed by atoms with Crippen molar-refractivity contribution in [1.82, 2.24) is 15.3 Å². The van der Waals surface area contributed by atoms with E-state index in [2.05, 4.69) is 25.6 Å². The largest absolute Gasteiger partial charge is 0.358 e. The van der Waals surface area contributed by atoms with Gasteiger partial charge < -0.3 is 0 Å². The van der Waals surface area contributed by atoms with Crippen LogP contribution in [0.1, 0.15) is 5.69 Å². The first-order chi connectivity index (χ1) is 8.72. The van der Waals surface area contributed by atoms with Crippen LogP contribution in [0.4, 0.5) is 5.95 Å². The number of para-hydroxylation sites is 1. The van der Waals surface area contributed by atoms with Crippen molar-refractivity contribution in [2.45, 2.75) is 6.92 Å². The van der Waals surface area contributed by atoms with Gasteiger partial charge in [-0.15, -0.1) is 0 Å². The summed E-state index contributed by atoms with van der Waals surface area (Å²) in [5.74, 6) is 0.917. The van der Waals surface area contributed by atoms with E-state index in [1.54, 1.807) is 0 Å². The third-order valence-corrected chi connectivity index (χ3v) is 2.72. The van der Waals surface area contributed by atoms with Crippen molar-refractivity contribution in [1.29, 1.82) is 0 Å². The average Bonchev–Trinajstić information content (AvgIpc) is 2.75. The van der Waals surface area contributed by atoms with Gasteiger partial charge in [-0.2, -0.15) is 4.98 Å². The second kappa shape index (κ2) is 4.06. The van der Waals surface area contributed by atoms with E-state index in [0.29, 0.717) is 11.9 Å². The van der Waals surface area contributed by atoms with Crippen LogP contribution in [0.5, 0.6) is 0 Å². The van der Waals surface area contributed by atoms with Crippen LogP contribution in [0.3, 0.4) is 0 Å². The SMILES string of the molecule is Cc1nc(NC2=[NH+]CC(=O)N2)nc2ccccc12. The Labute approximate surface area is 103 Å². The molecule has 0 saturated carbocycles. The Morgan fingerprint density at radius 2 is 2.17 bits per heavy atom. The Balaban J connectivity index is 1.96. The first kappa shape index (κ1) is 10.6. The molecule has 3 rings (SSSR count). The topological polar surface area (TPSA) is 80.9 Å². The summed E-state index contributed by atoms with van der Waals surface area (Å²) in [7, 11) is 0. The standard InChI is InChI=1S/C12H11N5O/c1-7-8-4-2-3-5-9(8)15-12(14-7)17-11-13-6-10(18)16-11/h2-5H,6H2,1H3,(H2,13,14,15,16,17,18)/p+1. The maximum absolute atomic E-state index is 11.0. The lowest BCUT2D eigenvalue weighted by Gasteiger charge is -2.03. The molecule has 1 amide bonds. The fourth-order valence-electron chi connectivity index (χ4n) is 1.87. The molecule has 18 heavy (non-hydrogen) atoms. The Kier molecular flexibility index (Phi) is 2.40. The van der Waals surface area contributed by atoms with E-state index < -0.39 is 0 Å². The predicted octanol–water partition coefficient (Wildman–Crippen LogP) is -1.08. The van der Waals surface area contributed by atoms with E-state index in [9.17, 15) is 4.79 Å². The number of amides is 1. The minimum Gasteiger partial charge on any atom is -0.266 e. The Hall–Kier alpha value is -2.50. The van der Waals surface area contributed by atoms with Crippen LogP contribution in [-0.2, 0) is 4.79 Å². The van der Waals surface area contributed by atoms with E-state index in [1.807, 2.05) is 31.2 Å². The molecule has 3 N–H and O–H groups in total. The van der Waals surface area contributed by atoms with Crippen molar-refractivity contribution in [3.8, 4) is 0 Å². The third-order valence-electron chi connectivity index (χ3n) is 2.72. The molecule has 1 aliphatic rings. The number of hydrogen-bond donors (Lipinski definition) is 3. The van der Waals surface area contributed by atoms with Crippen molar-refractivity contribution in [3.63, 3.8) is 0 Å². The summed E-state index contributed by atoms with van der Waals surface area (Å²) in [6.45, 7) is 2.20. The molecule has 6 heteroatoms. The number of aryl methyl sites for hydroxylation is 1. The monoisotopic (exact) mass is 242 g/mol. The van der Waals surface area contributed by atoms with Gasteiger partial charge in [-0.25, -0.2) is 15.6 Å². The van der Waals surface area contributed by atoms with Gasteiger partial charge in [-0.05, 0) is 13.0 Å². The molecule has 0 fully saturated rings. The Morgan fingerprint density at radius 1 is 1.33 bits per heavy atom. The van der Waals surface area contributed by atoms with Crippen molar-refractivity contribution in [2.75, 3.05) is 11.9 Å². The summed E-state index contributed by atoms with van der Waals surface area (Å²) in [5, 5.41) is 6.63. The maximum Gasteiger partial charge on any atom is 0.358 e. The molecule has 1 aromatic heterocycles. The molecule has 90 valence electrons. The maximum atomic E-state index is 11.0. The van der Waals surface area contributed by atoms with E-state index >= 15 is 0 Å². The van der Waals surface area contributed by atoms with Crippen molar-refractivity contribution in [2.24, 2.45) is 0 Å². The molecule has 0 radical (unpaired) electrons. The number of hydrogen-bond acceptors (Lipinski definition) is 4. The van der Waals surface area contributed by atoms with Gasteiger partial charge in [-0.1, -0.05) is 18.2 Å².